The molecule has 0 aliphatic heterocycles. The van der Waals surface area contributed by atoms with Crippen molar-refractivity contribution in [3.05, 3.63) is 361 Å². The highest BCUT2D eigenvalue weighted by Gasteiger charge is 2.22. The number of carbonyl (C=O) groups excluding carboxylic acids is 7. The number of hydrogen-bond acceptors (Lipinski definition) is 15. The first kappa shape index (κ1) is 85.5. The van der Waals surface area contributed by atoms with Crippen molar-refractivity contribution in [2.45, 2.75) is 119 Å². The fourth-order valence-electron chi connectivity index (χ4n) is 12.0. The monoisotopic (exact) mass is 1590 g/mol. The Morgan fingerprint density at radius 1 is 0.448 bits per heavy atom. The molecule has 8 aromatic carbocycles. The first-order chi connectivity index (χ1) is 55.7. The lowest BCUT2D eigenvalue weighted by Crippen LogP contribution is -2.13. The van der Waals surface area contributed by atoms with Gasteiger partial charge >= 0.3 is 0 Å². The van der Waals surface area contributed by atoms with Gasteiger partial charge in [0, 0.05) is 152 Å². The highest BCUT2D eigenvalue weighted by molar-refractivity contribution is 6.31. The number of anilines is 1. The summed E-state index contributed by atoms with van der Waals surface area (Å²) in [6, 6.07) is 68.9. The number of aromatic nitrogens is 5. The number of carbonyl (C=O) groups is 7. The van der Waals surface area contributed by atoms with Crippen molar-refractivity contribution in [3.8, 4) is 45.8 Å². The van der Waals surface area contributed by atoms with Crippen molar-refractivity contribution in [3.63, 3.8) is 0 Å². The summed E-state index contributed by atoms with van der Waals surface area (Å²) in [5.74, 6) is 3.41. The first-order valence-corrected chi connectivity index (χ1v) is 38.6. The van der Waals surface area contributed by atoms with Gasteiger partial charge in [-0.3, -0.25) is 48.5 Å². The number of rotatable bonds is 28. The van der Waals surface area contributed by atoms with Crippen LogP contribution in [0.3, 0.4) is 0 Å². The van der Waals surface area contributed by atoms with Gasteiger partial charge in [0.15, 0.2) is 17.3 Å². The van der Waals surface area contributed by atoms with E-state index in [1.807, 2.05) is 167 Å². The van der Waals surface area contributed by atoms with E-state index >= 15 is 0 Å². The Morgan fingerprint density at radius 3 is 1.48 bits per heavy atom. The SMILES string of the molecule is CC(C)(C)c1cc(CC(=O)Cc2ccc(Oc3ccncc3)cc2)no1.CCC(=O)c1cc(Oc2ccc(CC(=O)Cc3ccc(Cl)c(C)c3)c(F)c2)ccn1.CCC(=O)c1cc(Oc2ccc(CC(=O)Cc3ccc(Cl)c(C)c3)cc2)ccn1.Cc1ccc(C(=O)Cc2cccc(-c3cccn3C)c2)cc1NC(=O)c1ccccc1. The molecule has 0 saturated carbocycles. The fourth-order valence-corrected chi connectivity index (χ4v) is 12.2. The highest BCUT2D eigenvalue weighted by atomic mass is 35.5. The van der Waals surface area contributed by atoms with E-state index in [-0.39, 0.29) is 71.0 Å². The molecule has 13 aromatic rings. The van der Waals surface area contributed by atoms with Crippen LogP contribution in [0.5, 0.6) is 34.5 Å². The van der Waals surface area contributed by atoms with Crippen molar-refractivity contribution >= 4 is 69.5 Å². The smallest absolute Gasteiger partial charge is 0.255 e. The molecular formula is C96H89Cl2FN6O11. The zero-order chi connectivity index (χ0) is 82.8. The quantitative estimate of drug-likeness (QED) is 0.0450. The van der Waals surface area contributed by atoms with Gasteiger partial charge in [-0.25, -0.2) is 4.39 Å². The van der Waals surface area contributed by atoms with Crippen LogP contribution in [0, 0.1) is 26.6 Å². The molecule has 13 rings (SSSR count). The number of nitrogens with zero attached hydrogens (tertiary/aromatic N) is 5. The summed E-state index contributed by atoms with van der Waals surface area (Å²) in [7, 11) is 2.00. The number of aryl methyl sites for hydroxylation is 4. The average Bonchev–Trinajstić information content (AvgIpc) is 1.37. The molecule has 1 amide bonds. The summed E-state index contributed by atoms with van der Waals surface area (Å²) < 4.78 is 39.1. The molecule has 20 heteroatoms. The van der Waals surface area contributed by atoms with Crippen LogP contribution in [0.2, 0.25) is 10.0 Å². The van der Waals surface area contributed by atoms with Crippen LogP contribution in [-0.4, -0.2) is 65.3 Å². The van der Waals surface area contributed by atoms with E-state index in [1.165, 1.54) is 24.4 Å². The van der Waals surface area contributed by atoms with Crippen molar-refractivity contribution in [2.24, 2.45) is 7.05 Å². The molecule has 590 valence electrons. The number of amides is 1. The van der Waals surface area contributed by atoms with Gasteiger partial charge in [-0.1, -0.05) is 166 Å². The van der Waals surface area contributed by atoms with E-state index in [4.69, 9.17) is 41.9 Å². The largest absolute Gasteiger partial charge is 0.457 e. The normalized spacial score (nSPS) is 10.8. The Hall–Kier alpha value is -12.9. The Kier molecular flexibility index (Phi) is 30.4. The number of nitrogens with one attached hydrogen (secondary N) is 1. The van der Waals surface area contributed by atoms with Gasteiger partial charge < -0.3 is 28.6 Å². The van der Waals surface area contributed by atoms with Crippen LogP contribution < -0.4 is 19.5 Å². The molecule has 0 saturated heterocycles. The Bertz CT molecular complexity index is 5610. The molecule has 0 unspecified atom stereocenters. The number of hydrogen-bond donors (Lipinski definition) is 1. The van der Waals surface area contributed by atoms with Crippen molar-refractivity contribution in [1.29, 1.82) is 0 Å². The van der Waals surface area contributed by atoms with E-state index in [1.54, 1.807) is 99.2 Å². The van der Waals surface area contributed by atoms with E-state index < -0.39 is 5.82 Å². The molecule has 0 radical (unpaired) electrons. The third-order valence-electron chi connectivity index (χ3n) is 18.4. The van der Waals surface area contributed by atoms with E-state index in [0.717, 1.165) is 73.0 Å². The minimum atomic E-state index is -0.521. The number of benzene rings is 8. The third-order valence-corrected chi connectivity index (χ3v) is 19.2. The van der Waals surface area contributed by atoms with Crippen molar-refractivity contribution < 1.29 is 56.7 Å². The Morgan fingerprint density at radius 2 is 0.948 bits per heavy atom. The Balaban J connectivity index is 0.000000164. The van der Waals surface area contributed by atoms with Crippen molar-refractivity contribution in [1.82, 2.24) is 24.7 Å². The predicted octanol–water partition coefficient (Wildman–Crippen LogP) is 21.9. The average molecular weight is 1590 g/mol. The van der Waals surface area contributed by atoms with Crippen LogP contribution in [-0.2, 0) is 71.8 Å². The first-order valence-electron chi connectivity index (χ1n) is 37.8. The lowest BCUT2D eigenvalue weighted by molar-refractivity contribution is -0.118. The van der Waals surface area contributed by atoms with Gasteiger partial charge in [-0.05, 0) is 180 Å². The molecule has 116 heavy (non-hydrogen) atoms. The molecule has 0 bridgehead atoms. The minimum absolute atomic E-state index is 0.0132. The number of pyridine rings is 3. The van der Waals surface area contributed by atoms with Crippen LogP contribution in [0.4, 0.5) is 10.1 Å². The summed E-state index contributed by atoms with van der Waals surface area (Å²) in [6.07, 6.45) is 11.0. The maximum absolute atomic E-state index is 14.5. The van der Waals surface area contributed by atoms with Gasteiger partial charge in [0.2, 0.25) is 0 Å². The summed E-state index contributed by atoms with van der Waals surface area (Å²) in [4.78, 5) is 98.1. The lowest BCUT2D eigenvalue weighted by atomic mass is 9.93. The molecule has 5 aromatic heterocycles. The highest BCUT2D eigenvalue weighted by Crippen LogP contribution is 2.30. The topological polar surface area (TPSA) is 229 Å². The zero-order valence-electron chi connectivity index (χ0n) is 66.1. The second-order valence-electron chi connectivity index (χ2n) is 28.8. The molecule has 17 nitrogen and oxygen atoms in total. The summed E-state index contributed by atoms with van der Waals surface area (Å²) in [6.45, 7) is 15.4. The zero-order valence-corrected chi connectivity index (χ0v) is 67.6. The molecular weight excluding hydrogens is 1500 g/mol. The summed E-state index contributed by atoms with van der Waals surface area (Å²) >= 11 is 12.0. The number of ketones is 6. The molecule has 0 atom stereocenters. The lowest BCUT2D eigenvalue weighted by Gasteiger charge is -2.12. The fraction of sp³-hybridized carbons (Fsp3) is 0.198. The summed E-state index contributed by atoms with van der Waals surface area (Å²) in [5.41, 5.74) is 13.0. The second-order valence-corrected chi connectivity index (χ2v) is 29.6. The Labute approximate surface area is 684 Å². The third kappa shape index (κ3) is 25.8. The van der Waals surface area contributed by atoms with Crippen LogP contribution in [0.15, 0.2) is 266 Å². The maximum atomic E-state index is 14.5. The van der Waals surface area contributed by atoms with Gasteiger partial charge in [0.1, 0.15) is 74.8 Å². The second kappa shape index (κ2) is 41.2. The minimum Gasteiger partial charge on any atom is -0.457 e. The van der Waals surface area contributed by atoms with E-state index in [2.05, 4.69) is 62.9 Å². The van der Waals surface area contributed by atoms with Gasteiger partial charge in [-0.2, -0.15) is 0 Å². The standard InChI is InChI=1S/C27H24N2O2.C24H21ClFNO3.C24H22ClNO3.C21H22N2O3/c1-19-13-14-23(18-24(19)28-27(31)21-9-4-3-5-10-21)26(30)17-20-8-6-11-22(16-20)25-12-7-15-29(25)2;1-3-24(29)23-14-20(8-9-27-23)30-19-6-5-17(22(26)13-19)12-18(28)11-16-4-7-21(25)15(2)10-16;1-3-24(28)23-15-21(10-11-26-23)29-20-7-4-17(5-8-20)13-19(27)14-18-6-9-22(25)16(2)12-18;1-21(2,3)20-14-16(23-26-20)13-17(24)12-15-4-6-18(7-5-15)25-19-8-10-22-11-9-19/h3-16,18H,17H2,1-2H3,(H,28,31);4-10,13-14H,3,11-12H2,1-2H3;4-12,15H,3,13-14H2,1-2H3;4-11,14H,12-13H2,1-3H3. The number of ether oxygens (including phenoxy) is 3. The van der Waals surface area contributed by atoms with E-state index in [0.29, 0.717) is 105 Å². The number of Topliss-reactive ketones (excluding diaryl/α,β-unsaturated/α-hetero) is 6. The van der Waals surface area contributed by atoms with Crippen LogP contribution >= 0.6 is 23.2 Å². The van der Waals surface area contributed by atoms with Crippen LogP contribution in [0.1, 0.15) is 151 Å². The van der Waals surface area contributed by atoms with Gasteiger partial charge in [0.05, 0.1) is 12.1 Å². The predicted molar refractivity (Wildman–Crippen MR) is 451 cm³/mol. The van der Waals surface area contributed by atoms with Gasteiger partial charge in [0.25, 0.3) is 5.91 Å². The molecule has 1 N–H and O–H groups in total. The van der Waals surface area contributed by atoms with Crippen LogP contribution in [0.25, 0.3) is 11.3 Å². The molecule has 0 fully saturated rings. The van der Waals surface area contributed by atoms with Gasteiger partial charge in [-0.15, -0.1) is 0 Å². The van der Waals surface area contributed by atoms with E-state index in [9.17, 15) is 38.0 Å². The van der Waals surface area contributed by atoms with Crippen molar-refractivity contribution in [2.75, 3.05) is 5.32 Å². The molecule has 0 aliphatic rings. The summed E-state index contributed by atoms with van der Waals surface area (Å²) in [5, 5.41) is 8.28. The molecule has 0 aliphatic carbocycles. The maximum Gasteiger partial charge on any atom is 0.255 e. The number of halogens is 3. The molecule has 5 heterocycles. The molecule has 0 spiro atoms.